The zero-order chi connectivity index (χ0) is 20.6. The van der Waals surface area contributed by atoms with Gasteiger partial charge in [0, 0.05) is 29.2 Å². The van der Waals surface area contributed by atoms with Gasteiger partial charge in [-0.2, -0.15) is 0 Å². The van der Waals surface area contributed by atoms with Crippen molar-refractivity contribution in [2.45, 2.75) is 11.7 Å². The molecule has 0 amide bonds. The molecular weight excluding hydrogens is 504 g/mol. The molecule has 1 heterocycles. The third-order valence-electron chi connectivity index (χ3n) is 4.54. The van der Waals surface area contributed by atoms with Crippen LogP contribution in [0.25, 0.3) is 0 Å². The summed E-state index contributed by atoms with van der Waals surface area (Å²) < 4.78 is 49.1. The number of pyridine rings is 1. The molecule has 3 rings (SSSR count). The number of aliphatic hydroxyl groups excluding tert-OH is 1. The summed E-state index contributed by atoms with van der Waals surface area (Å²) in [5, 5.41) is 11.2. The second kappa shape index (κ2) is 7.87. The number of methoxy groups -OCH3 is 1. The standard InChI is InChI=1S/C17H19FIN3O5S/c1-22-15(24)7-13(27-2)16(21-28(25,26)14-5-9(14)8-23)17(22)20-12-4-3-10(19)6-11(12)18/h3-4,6-7,9,14,20-21,23H,5,8H2,1-2H3. The van der Waals surface area contributed by atoms with Crippen LogP contribution in [0.1, 0.15) is 6.42 Å². The topological polar surface area (TPSA) is 110 Å². The Balaban J connectivity index is 2.07. The van der Waals surface area contributed by atoms with Gasteiger partial charge in [-0.25, -0.2) is 12.8 Å². The molecule has 1 saturated carbocycles. The van der Waals surface area contributed by atoms with Crippen molar-refractivity contribution in [2.75, 3.05) is 23.8 Å². The van der Waals surface area contributed by atoms with E-state index in [1.807, 2.05) is 22.6 Å². The van der Waals surface area contributed by atoms with Gasteiger partial charge in [-0.3, -0.25) is 14.1 Å². The predicted molar refractivity (Wildman–Crippen MR) is 112 cm³/mol. The summed E-state index contributed by atoms with van der Waals surface area (Å²) in [6, 6.07) is 5.61. The normalized spacial score (nSPS) is 18.6. The van der Waals surface area contributed by atoms with Crippen molar-refractivity contribution in [2.24, 2.45) is 13.0 Å². The van der Waals surface area contributed by atoms with Crippen LogP contribution in [0.5, 0.6) is 5.75 Å². The average Bonchev–Trinajstić information content (AvgIpc) is 3.43. The van der Waals surface area contributed by atoms with Crippen molar-refractivity contribution in [3.8, 4) is 5.75 Å². The lowest BCUT2D eigenvalue weighted by Gasteiger charge is -2.20. The quantitative estimate of drug-likeness (QED) is 0.480. The number of aliphatic hydroxyl groups is 1. The van der Waals surface area contributed by atoms with Crippen molar-refractivity contribution < 1.29 is 22.7 Å². The first-order valence-corrected chi connectivity index (χ1v) is 10.9. The first kappa shape index (κ1) is 20.9. The number of aromatic nitrogens is 1. The molecule has 1 aromatic heterocycles. The summed E-state index contributed by atoms with van der Waals surface area (Å²) in [6.07, 6.45) is 0.342. The molecule has 0 aliphatic heterocycles. The monoisotopic (exact) mass is 523 g/mol. The molecule has 2 atom stereocenters. The zero-order valence-electron chi connectivity index (χ0n) is 15.1. The smallest absolute Gasteiger partial charge is 0.255 e. The third kappa shape index (κ3) is 4.10. The molecule has 1 aromatic carbocycles. The Labute approximate surface area is 174 Å². The number of anilines is 3. The molecule has 28 heavy (non-hydrogen) atoms. The van der Waals surface area contributed by atoms with Crippen LogP contribution in [0.2, 0.25) is 0 Å². The van der Waals surface area contributed by atoms with Gasteiger partial charge in [-0.15, -0.1) is 0 Å². The lowest BCUT2D eigenvalue weighted by molar-refractivity contribution is 0.277. The number of hydrogen-bond acceptors (Lipinski definition) is 6. The molecule has 1 aliphatic carbocycles. The molecule has 1 aliphatic rings. The Morgan fingerprint density at radius 1 is 1.39 bits per heavy atom. The van der Waals surface area contributed by atoms with Crippen molar-refractivity contribution in [1.29, 1.82) is 0 Å². The van der Waals surface area contributed by atoms with Crippen LogP contribution in [0.15, 0.2) is 29.1 Å². The summed E-state index contributed by atoms with van der Waals surface area (Å²) in [5.74, 6) is -0.852. The van der Waals surface area contributed by atoms with E-state index in [0.29, 0.717) is 9.99 Å². The van der Waals surface area contributed by atoms with Crippen LogP contribution in [-0.2, 0) is 17.1 Å². The number of rotatable bonds is 7. The van der Waals surface area contributed by atoms with E-state index in [2.05, 4.69) is 10.0 Å². The van der Waals surface area contributed by atoms with Crippen molar-refractivity contribution in [1.82, 2.24) is 4.57 Å². The fourth-order valence-corrected chi connectivity index (χ4v) is 4.99. The number of nitrogens with one attached hydrogen (secondary N) is 2. The van der Waals surface area contributed by atoms with E-state index in [9.17, 15) is 22.7 Å². The second-order valence-electron chi connectivity index (χ2n) is 6.45. The highest BCUT2D eigenvalue weighted by Crippen LogP contribution is 2.40. The van der Waals surface area contributed by atoms with Crippen molar-refractivity contribution in [3.05, 3.63) is 44.0 Å². The van der Waals surface area contributed by atoms with Gasteiger partial charge >= 0.3 is 0 Å². The molecule has 2 unspecified atom stereocenters. The fourth-order valence-electron chi connectivity index (χ4n) is 2.81. The summed E-state index contributed by atoms with van der Waals surface area (Å²) in [6.45, 7) is -0.227. The van der Waals surface area contributed by atoms with Gasteiger partial charge in [-0.05, 0) is 47.2 Å². The van der Waals surface area contributed by atoms with Gasteiger partial charge in [0.25, 0.3) is 5.56 Å². The van der Waals surface area contributed by atoms with Gasteiger partial charge in [0.2, 0.25) is 10.0 Å². The van der Waals surface area contributed by atoms with Gasteiger partial charge in [-0.1, -0.05) is 0 Å². The Morgan fingerprint density at radius 3 is 2.68 bits per heavy atom. The Morgan fingerprint density at radius 2 is 2.11 bits per heavy atom. The molecular formula is C17H19FIN3O5S. The lowest BCUT2D eigenvalue weighted by atomic mass is 10.3. The molecule has 0 radical (unpaired) electrons. The van der Waals surface area contributed by atoms with E-state index < -0.39 is 26.6 Å². The second-order valence-corrected chi connectivity index (χ2v) is 9.59. The minimum Gasteiger partial charge on any atom is -0.494 e. The minimum atomic E-state index is -3.84. The molecule has 2 aromatic rings. The fraction of sp³-hybridized carbons (Fsp3) is 0.353. The van der Waals surface area contributed by atoms with E-state index in [4.69, 9.17) is 4.74 Å². The highest BCUT2D eigenvalue weighted by atomic mass is 127. The largest absolute Gasteiger partial charge is 0.494 e. The van der Waals surface area contributed by atoms with Crippen LogP contribution >= 0.6 is 22.6 Å². The number of nitrogens with zero attached hydrogens (tertiary/aromatic N) is 1. The maximum absolute atomic E-state index is 14.3. The van der Waals surface area contributed by atoms with E-state index in [-0.39, 0.29) is 35.5 Å². The van der Waals surface area contributed by atoms with Crippen LogP contribution in [0.3, 0.4) is 0 Å². The third-order valence-corrected chi connectivity index (χ3v) is 7.08. The summed E-state index contributed by atoms with van der Waals surface area (Å²) >= 11 is 1.97. The van der Waals surface area contributed by atoms with Gasteiger partial charge in [0.05, 0.1) is 18.0 Å². The van der Waals surface area contributed by atoms with E-state index in [1.54, 1.807) is 6.07 Å². The van der Waals surface area contributed by atoms with E-state index in [1.165, 1.54) is 26.3 Å². The molecule has 0 spiro atoms. The highest BCUT2D eigenvalue weighted by Gasteiger charge is 2.47. The molecule has 0 bridgehead atoms. The zero-order valence-corrected chi connectivity index (χ0v) is 18.0. The van der Waals surface area contributed by atoms with Gasteiger partial charge in [0.1, 0.15) is 17.3 Å². The maximum Gasteiger partial charge on any atom is 0.255 e. The molecule has 152 valence electrons. The predicted octanol–water partition coefficient (Wildman–Crippen LogP) is 2.00. The summed E-state index contributed by atoms with van der Waals surface area (Å²) in [4.78, 5) is 12.2. The van der Waals surface area contributed by atoms with Crippen LogP contribution < -0.4 is 20.3 Å². The van der Waals surface area contributed by atoms with E-state index >= 15 is 0 Å². The molecule has 11 heteroatoms. The molecule has 8 nitrogen and oxygen atoms in total. The van der Waals surface area contributed by atoms with Gasteiger partial charge < -0.3 is 15.2 Å². The lowest BCUT2D eigenvalue weighted by Crippen LogP contribution is -2.25. The molecule has 0 saturated heterocycles. The number of sulfonamides is 1. The maximum atomic E-state index is 14.3. The number of ether oxygens (including phenoxy) is 1. The summed E-state index contributed by atoms with van der Waals surface area (Å²) in [7, 11) is -1.10. The van der Waals surface area contributed by atoms with Crippen LogP contribution in [0, 0.1) is 15.3 Å². The Hall–Kier alpha value is -1.86. The Bertz CT molecular complexity index is 1070. The van der Waals surface area contributed by atoms with Crippen LogP contribution in [-0.4, -0.2) is 37.1 Å². The number of hydrogen-bond donors (Lipinski definition) is 3. The van der Waals surface area contributed by atoms with Gasteiger partial charge in [0.15, 0.2) is 5.75 Å². The highest BCUT2D eigenvalue weighted by molar-refractivity contribution is 14.1. The molecule has 3 N–H and O–H groups in total. The first-order chi connectivity index (χ1) is 13.2. The van der Waals surface area contributed by atoms with Crippen molar-refractivity contribution in [3.63, 3.8) is 0 Å². The van der Waals surface area contributed by atoms with E-state index in [0.717, 1.165) is 10.6 Å². The number of halogens is 2. The first-order valence-electron chi connectivity index (χ1n) is 8.30. The number of benzene rings is 1. The van der Waals surface area contributed by atoms with Crippen LogP contribution in [0.4, 0.5) is 21.6 Å². The summed E-state index contributed by atoms with van der Waals surface area (Å²) in [5.41, 5.74) is -0.400. The SMILES string of the molecule is COc1cc(=O)n(C)c(Nc2ccc(I)cc2F)c1NS(=O)(=O)C1CC1CO. The molecule has 1 fully saturated rings. The minimum absolute atomic E-state index is 0.00120. The average molecular weight is 523 g/mol. The Kier molecular flexibility index (Phi) is 5.87. The van der Waals surface area contributed by atoms with Crippen molar-refractivity contribution >= 4 is 49.8 Å².